The molecule has 8 heteroatoms. The number of nitrogens with zero attached hydrogens (tertiary/aromatic N) is 5. The van der Waals surface area contributed by atoms with Crippen molar-refractivity contribution < 1.29 is 14.6 Å². The number of hydrogen-bond acceptors (Lipinski definition) is 7. The summed E-state index contributed by atoms with van der Waals surface area (Å²) < 4.78 is 13.3. The van der Waals surface area contributed by atoms with Crippen LogP contribution in [0.25, 0.3) is 0 Å². The summed E-state index contributed by atoms with van der Waals surface area (Å²) in [4.78, 5) is 8.54. The number of aromatic nitrogens is 3. The van der Waals surface area contributed by atoms with E-state index >= 15 is 0 Å². The molecule has 0 amide bonds. The highest BCUT2D eigenvalue weighted by Crippen LogP contribution is 2.12. The van der Waals surface area contributed by atoms with Gasteiger partial charge in [-0.1, -0.05) is 0 Å². The SMILES string of the molecule is C[C@@H]1CN(C[C@H](O)CN2CCO[C@H](Cn3cncn3)C2)C[C@H](C)O1. The Morgan fingerprint density at radius 2 is 1.92 bits per heavy atom. The molecule has 0 unspecified atom stereocenters. The van der Waals surface area contributed by atoms with Gasteiger partial charge in [0, 0.05) is 39.3 Å². The lowest BCUT2D eigenvalue weighted by molar-refractivity contribution is -0.0831. The van der Waals surface area contributed by atoms with Crippen molar-refractivity contribution in [3.8, 4) is 0 Å². The Bertz CT molecular complexity index is 476. The van der Waals surface area contributed by atoms with E-state index in [1.54, 1.807) is 11.0 Å². The standard InChI is InChI=1S/C16H29N5O3/c1-13-5-20(6-14(2)24-13)8-15(22)7-19-3-4-23-16(9-19)10-21-12-17-11-18-21/h11-16,22H,3-10H2,1-2H3/t13-,14+,15-,16+/m1/s1. The number of aliphatic hydroxyl groups is 1. The maximum absolute atomic E-state index is 10.5. The fraction of sp³-hybridized carbons (Fsp3) is 0.875. The summed E-state index contributed by atoms with van der Waals surface area (Å²) in [6.07, 6.45) is 3.45. The lowest BCUT2D eigenvalue weighted by atomic mass is 10.2. The Morgan fingerprint density at radius 3 is 2.62 bits per heavy atom. The van der Waals surface area contributed by atoms with Crippen molar-refractivity contribution in [3.63, 3.8) is 0 Å². The smallest absolute Gasteiger partial charge is 0.137 e. The highest BCUT2D eigenvalue weighted by Gasteiger charge is 2.26. The topological polar surface area (TPSA) is 75.9 Å². The van der Waals surface area contributed by atoms with E-state index < -0.39 is 0 Å². The summed E-state index contributed by atoms with van der Waals surface area (Å²) in [6.45, 7) is 10.4. The largest absolute Gasteiger partial charge is 0.390 e. The molecule has 1 N–H and O–H groups in total. The molecule has 0 radical (unpaired) electrons. The van der Waals surface area contributed by atoms with Gasteiger partial charge in [-0.25, -0.2) is 4.98 Å². The number of hydrogen-bond donors (Lipinski definition) is 1. The third-order valence-electron chi connectivity index (χ3n) is 4.51. The Kier molecular flexibility index (Phi) is 6.18. The van der Waals surface area contributed by atoms with Gasteiger partial charge in [-0.15, -0.1) is 0 Å². The molecule has 136 valence electrons. The predicted octanol–water partition coefficient (Wildman–Crippen LogP) is -0.551. The first-order chi connectivity index (χ1) is 11.6. The van der Waals surface area contributed by atoms with Crippen molar-refractivity contribution >= 4 is 0 Å². The molecule has 24 heavy (non-hydrogen) atoms. The molecule has 0 spiro atoms. The van der Waals surface area contributed by atoms with Crippen LogP contribution in [0.3, 0.4) is 0 Å². The molecule has 2 aliphatic heterocycles. The minimum Gasteiger partial charge on any atom is -0.390 e. The second kappa shape index (κ2) is 8.35. The molecule has 0 bridgehead atoms. The summed E-state index contributed by atoms with van der Waals surface area (Å²) >= 11 is 0. The van der Waals surface area contributed by atoms with Gasteiger partial charge >= 0.3 is 0 Å². The van der Waals surface area contributed by atoms with Crippen LogP contribution in [0.2, 0.25) is 0 Å². The maximum Gasteiger partial charge on any atom is 0.137 e. The van der Waals surface area contributed by atoms with Crippen molar-refractivity contribution in [2.24, 2.45) is 0 Å². The molecule has 8 nitrogen and oxygen atoms in total. The van der Waals surface area contributed by atoms with Crippen LogP contribution in [0.4, 0.5) is 0 Å². The second-order valence-corrected chi connectivity index (χ2v) is 7.00. The summed E-state index contributed by atoms with van der Waals surface area (Å²) in [5.74, 6) is 0. The molecule has 0 aromatic carbocycles. The second-order valence-electron chi connectivity index (χ2n) is 7.00. The van der Waals surface area contributed by atoms with E-state index in [-0.39, 0.29) is 24.4 Å². The third kappa shape index (κ3) is 5.22. The molecular formula is C16H29N5O3. The first-order valence-corrected chi connectivity index (χ1v) is 8.80. The molecule has 3 rings (SSSR count). The average molecular weight is 339 g/mol. The van der Waals surface area contributed by atoms with Crippen molar-refractivity contribution in [2.75, 3.05) is 45.9 Å². The molecule has 2 fully saturated rings. The van der Waals surface area contributed by atoms with Crippen LogP contribution in [0.5, 0.6) is 0 Å². The summed E-state index contributed by atoms with van der Waals surface area (Å²) in [6, 6.07) is 0. The number of aliphatic hydroxyl groups excluding tert-OH is 1. The van der Waals surface area contributed by atoms with Crippen molar-refractivity contribution in [1.29, 1.82) is 0 Å². The van der Waals surface area contributed by atoms with Gasteiger partial charge < -0.3 is 14.6 Å². The van der Waals surface area contributed by atoms with Gasteiger partial charge in [-0.3, -0.25) is 14.5 Å². The Hall–Kier alpha value is -1.06. The fourth-order valence-corrected chi connectivity index (χ4v) is 3.68. The van der Waals surface area contributed by atoms with E-state index in [0.717, 1.165) is 26.2 Å². The van der Waals surface area contributed by atoms with Crippen LogP contribution < -0.4 is 0 Å². The summed E-state index contributed by atoms with van der Waals surface area (Å²) in [5, 5.41) is 14.6. The lowest BCUT2D eigenvalue weighted by Gasteiger charge is -2.38. The van der Waals surface area contributed by atoms with Crippen LogP contribution in [-0.2, 0) is 16.0 Å². The average Bonchev–Trinajstić information content (AvgIpc) is 2.99. The van der Waals surface area contributed by atoms with Crippen LogP contribution in [-0.4, -0.2) is 100.0 Å². The normalized spacial score (nSPS) is 31.2. The first-order valence-electron chi connectivity index (χ1n) is 8.80. The highest BCUT2D eigenvalue weighted by molar-refractivity contribution is 4.79. The molecule has 0 saturated carbocycles. The van der Waals surface area contributed by atoms with Crippen molar-refractivity contribution in [1.82, 2.24) is 24.6 Å². The van der Waals surface area contributed by atoms with Gasteiger partial charge in [0.05, 0.1) is 37.6 Å². The number of rotatable bonds is 6. The number of β-amino-alcohol motifs (C(OH)–C–C–N with tert-alkyl or cyclic N) is 1. The molecule has 2 aliphatic rings. The third-order valence-corrected chi connectivity index (χ3v) is 4.51. The molecule has 3 heterocycles. The zero-order valence-corrected chi connectivity index (χ0v) is 14.6. The zero-order valence-electron chi connectivity index (χ0n) is 14.6. The van der Waals surface area contributed by atoms with Crippen molar-refractivity contribution in [2.45, 2.75) is 44.8 Å². The van der Waals surface area contributed by atoms with Crippen LogP contribution in [0.1, 0.15) is 13.8 Å². The Morgan fingerprint density at radius 1 is 1.17 bits per heavy atom. The van der Waals surface area contributed by atoms with Crippen LogP contribution in [0, 0.1) is 0 Å². The fourth-order valence-electron chi connectivity index (χ4n) is 3.68. The number of morpholine rings is 2. The van der Waals surface area contributed by atoms with Gasteiger partial charge in [-0.05, 0) is 13.8 Å². The van der Waals surface area contributed by atoms with Crippen LogP contribution >= 0.6 is 0 Å². The van der Waals surface area contributed by atoms with E-state index in [2.05, 4.69) is 33.7 Å². The van der Waals surface area contributed by atoms with Gasteiger partial charge in [0.25, 0.3) is 0 Å². The highest BCUT2D eigenvalue weighted by atomic mass is 16.5. The maximum atomic E-state index is 10.5. The molecule has 4 atom stereocenters. The minimum absolute atomic E-state index is 0.0936. The van der Waals surface area contributed by atoms with Gasteiger partial charge in [0.1, 0.15) is 12.7 Å². The monoisotopic (exact) mass is 339 g/mol. The molecule has 0 aliphatic carbocycles. The summed E-state index contributed by atoms with van der Waals surface area (Å²) in [5.41, 5.74) is 0. The lowest BCUT2D eigenvalue weighted by Crippen LogP contribution is -2.51. The molecule has 2 saturated heterocycles. The van der Waals surface area contributed by atoms with E-state index in [1.807, 2.05) is 0 Å². The number of ether oxygens (including phenoxy) is 2. The van der Waals surface area contributed by atoms with Gasteiger partial charge in [0.15, 0.2) is 0 Å². The Labute approximate surface area is 143 Å². The molecular weight excluding hydrogens is 310 g/mol. The van der Waals surface area contributed by atoms with E-state index in [1.165, 1.54) is 6.33 Å². The van der Waals surface area contributed by atoms with E-state index in [4.69, 9.17) is 9.47 Å². The van der Waals surface area contributed by atoms with E-state index in [9.17, 15) is 5.11 Å². The quantitative estimate of drug-likeness (QED) is 0.745. The summed E-state index contributed by atoms with van der Waals surface area (Å²) in [7, 11) is 0. The van der Waals surface area contributed by atoms with Gasteiger partial charge in [0.2, 0.25) is 0 Å². The molecule has 1 aromatic rings. The van der Waals surface area contributed by atoms with E-state index in [0.29, 0.717) is 26.2 Å². The minimum atomic E-state index is -0.354. The predicted molar refractivity (Wildman–Crippen MR) is 88.7 cm³/mol. The van der Waals surface area contributed by atoms with Gasteiger partial charge in [-0.2, -0.15) is 5.10 Å². The van der Waals surface area contributed by atoms with Crippen LogP contribution in [0.15, 0.2) is 12.7 Å². The van der Waals surface area contributed by atoms with Crippen molar-refractivity contribution in [3.05, 3.63) is 12.7 Å². The Balaban J connectivity index is 1.42. The molecule has 1 aromatic heterocycles. The first kappa shape index (κ1) is 17.8. The zero-order chi connectivity index (χ0) is 16.9.